The van der Waals surface area contributed by atoms with Crippen LogP contribution in [0.25, 0.3) is 0 Å². The quantitative estimate of drug-likeness (QED) is 0.810. The standard InChI is InChI=1S/C18H18F3N3O2S/c19-18(20,21)11-26-16-7-12(5-6-22-16)9-23-17(25)24-14-8-13-3-1-2-4-15(13)27-10-14/h1-7,14H,8-11H2,(H2,23,24,25). The van der Waals surface area contributed by atoms with Gasteiger partial charge >= 0.3 is 12.2 Å². The van der Waals surface area contributed by atoms with Gasteiger partial charge in [-0.05, 0) is 29.7 Å². The molecule has 1 unspecified atom stereocenters. The van der Waals surface area contributed by atoms with Gasteiger partial charge in [-0.15, -0.1) is 11.8 Å². The summed E-state index contributed by atoms with van der Waals surface area (Å²) in [5, 5.41) is 5.63. The van der Waals surface area contributed by atoms with Crippen LogP contribution in [-0.2, 0) is 13.0 Å². The van der Waals surface area contributed by atoms with Gasteiger partial charge < -0.3 is 15.4 Å². The Morgan fingerprint density at radius 3 is 2.93 bits per heavy atom. The first-order valence-corrected chi connectivity index (χ1v) is 9.27. The van der Waals surface area contributed by atoms with Crippen molar-refractivity contribution in [3.8, 4) is 5.88 Å². The lowest BCUT2D eigenvalue weighted by atomic mass is 10.1. The maximum absolute atomic E-state index is 12.2. The Kier molecular flexibility index (Phi) is 6.10. The number of carbonyl (C=O) groups excluding carboxylic acids is 1. The highest BCUT2D eigenvalue weighted by molar-refractivity contribution is 7.99. The van der Waals surface area contributed by atoms with E-state index in [0.717, 1.165) is 12.2 Å². The largest absolute Gasteiger partial charge is 0.468 e. The summed E-state index contributed by atoms with van der Waals surface area (Å²) < 4.78 is 41.2. The van der Waals surface area contributed by atoms with Crippen molar-refractivity contribution in [2.45, 2.75) is 30.1 Å². The highest BCUT2D eigenvalue weighted by Crippen LogP contribution is 2.29. The van der Waals surface area contributed by atoms with Crippen LogP contribution in [0.1, 0.15) is 11.1 Å². The van der Waals surface area contributed by atoms with Crippen molar-refractivity contribution in [3.63, 3.8) is 0 Å². The van der Waals surface area contributed by atoms with E-state index in [0.29, 0.717) is 5.56 Å². The van der Waals surface area contributed by atoms with E-state index < -0.39 is 12.8 Å². The molecular weight excluding hydrogens is 379 g/mol. The van der Waals surface area contributed by atoms with Crippen LogP contribution in [0.3, 0.4) is 0 Å². The summed E-state index contributed by atoms with van der Waals surface area (Å²) in [4.78, 5) is 17.1. The molecule has 3 rings (SSSR count). The number of alkyl halides is 3. The van der Waals surface area contributed by atoms with Crippen LogP contribution < -0.4 is 15.4 Å². The lowest BCUT2D eigenvalue weighted by molar-refractivity contribution is -0.154. The summed E-state index contributed by atoms with van der Waals surface area (Å²) >= 11 is 1.70. The van der Waals surface area contributed by atoms with E-state index in [-0.39, 0.29) is 24.5 Å². The number of ether oxygens (including phenoxy) is 1. The van der Waals surface area contributed by atoms with Gasteiger partial charge in [-0.25, -0.2) is 9.78 Å². The zero-order chi connectivity index (χ0) is 19.3. The third kappa shape index (κ3) is 6.06. The van der Waals surface area contributed by atoms with Crippen LogP contribution >= 0.6 is 11.8 Å². The van der Waals surface area contributed by atoms with Gasteiger partial charge in [-0.3, -0.25) is 0 Å². The average molecular weight is 397 g/mol. The molecule has 2 amide bonds. The molecule has 1 aliphatic heterocycles. The number of rotatable bonds is 5. The van der Waals surface area contributed by atoms with Crippen molar-refractivity contribution >= 4 is 17.8 Å². The number of nitrogens with zero attached hydrogens (tertiary/aromatic N) is 1. The Balaban J connectivity index is 1.47. The maximum atomic E-state index is 12.2. The molecule has 0 aliphatic carbocycles. The maximum Gasteiger partial charge on any atom is 0.422 e. The van der Waals surface area contributed by atoms with Gasteiger partial charge in [0.25, 0.3) is 0 Å². The predicted molar refractivity (Wildman–Crippen MR) is 95.8 cm³/mol. The minimum atomic E-state index is -4.42. The number of fused-ring (bicyclic) bond motifs is 1. The molecule has 0 bridgehead atoms. The number of hydrogen-bond acceptors (Lipinski definition) is 4. The lowest BCUT2D eigenvalue weighted by Crippen LogP contribution is -2.45. The normalized spacial score (nSPS) is 16.3. The molecule has 0 spiro atoms. The van der Waals surface area contributed by atoms with Crippen molar-refractivity contribution in [1.29, 1.82) is 0 Å². The number of nitrogens with one attached hydrogen (secondary N) is 2. The Bertz CT molecular complexity index is 801. The number of aromatic nitrogens is 1. The number of carbonyl (C=O) groups is 1. The number of hydrogen-bond donors (Lipinski definition) is 2. The topological polar surface area (TPSA) is 63.2 Å². The van der Waals surface area contributed by atoms with Gasteiger partial charge in [0, 0.05) is 35.5 Å². The summed E-state index contributed by atoms with van der Waals surface area (Å²) in [5.74, 6) is 0.655. The molecular formula is C18H18F3N3O2S. The minimum absolute atomic E-state index is 0.0213. The first-order chi connectivity index (χ1) is 12.9. The Morgan fingerprint density at radius 2 is 2.11 bits per heavy atom. The molecule has 27 heavy (non-hydrogen) atoms. The van der Waals surface area contributed by atoms with E-state index in [4.69, 9.17) is 0 Å². The highest BCUT2D eigenvalue weighted by atomic mass is 32.2. The van der Waals surface area contributed by atoms with Gasteiger partial charge in [0.1, 0.15) is 0 Å². The van der Waals surface area contributed by atoms with Gasteiger partial charge in [-0.1, -0.05) is 18.2 Å². The van der Waals surface area contributed by atoms with E-state index in [1.165, 1.54) is 22.7 Å². The summed E-state index contributed by atoms with van der Waals surface area (Å²) in [7, 11) is 0. The number of halogens is 3. The van der Waals surface area contributed by atoms with E-state index in [2.05, 4.69) is 26.4 Å². The predicted octanol–water partition coefficient (Wildman–Crippen LogP) is 3.54. The number of amides is 2. The summed E-state index contributed by atoms with van der Waals surface area (Å²) in [5.41, 5.74) is 1.81. The van der Waals surface area contributed by atoms with Crippen LogP contribution in [-0.4, -0.2) is 35.6 Å². The number of thioether (sulfide) groups is 1. The molecule has 0 fully saturated rings. The molecule has 0 saturated carbocycles. The third-order valence-electron chi connectivity index (χ3n) is 3.85. The molecule has 2 aromatic rings. The molecule has 2 N–H and O–H groups in total. The van der Waals surface area contributed by atoms with Gasteiger partial charge in [0.05, 0.1) is 0 Å². The zero-order valence-corrected chi connectivity index (χ0v) is 15.1. The van der Waals surface area contributed by atoms with Crippen LogP contribution in [0.4, 0.5) is 18.0 Å². The van der Waals surface area contributed by atoms with Crippen molar-refractivity contribution < 1.29 is 22.7 Å². The molecule has 2 heterocycles. The SMILES string of the molecule is O=C(NCc1ccnc(OCC(F)(F)F)c1)NC1CSc2ccccc2C1. The summed E-state index contributed by atoms with van der Waals surface area (Å²) in [6.45, 7) is -1.24. The zero-order valence-electron chi connectivity index (χ0n) is 14.3. The van der Waals surface area contributed by atoms with E-state index in [1.807, 2.05) is 18.2 Å². The minimum Gasteiger partial charge on any atom is -0.468 e. The molecule has 1 aliphatic rings. The fourth-order valence-electron chi connectivity index (χ4n) is 2.63. The third-order valence-corrected chi connectivity index (χ3v) is 5.13. The molecule has 1 atom stereocenters. The second kappa shape index (κ2) is 8.51. The van der Waals surface area contributed by atoms with Crippen molar-refractivity contribution in [1.82, 2.24) is 15.6 Å². The first kappa shape index (κ1) is 19.3. The Labute approximate surface area is 158 Å². The van der Waals surface area contributed by atoms with Crippen LogP contribution in [0.2, 0.25) is 0 Å². The van der Waals surface area contributed by atoms with Gasteiger partial charge in [0.2, 0.25) is 5.88 Å². The number of urea groups is 1. The fourth-order valence-corrected chi connectivity index (χ4v) is 3.73. The van der Waals surface area contributed by atoms with E-state index >= 15 is 0 Å². The summed E-state index contributed by atoms with van der Waals surface area (Å²) in [6.07, 6.45) is -2.32. The van der Waals surface area contributed by atoms with Crippen molar-refractivity contribution in [3.05, 3.63) is 53.7 Å². The molecule has 0 radical (unpaired) electrons. The fraction of sp³-hybridized carbons (Fsp3) is 0.333. The second-order valence-corrected chi connectivity index (χ2v) is 7.11. The number of benzene rings is 1. The first-order valence-electron chi connectivity index (χ1n) is 8.28. The van der Waals surface area contributed by atoms with Gasteiger partial charge in [0.15, 0.2) is 6.61 Å². The molecule has 1 aromatic carbocycles. The summed E-state index contributed by atoms with van der Waals surface area (Å²) in [6, 6.07) is 10.8. The smallest absolute Gasteiger partial charge is 0.422 e. The second-order valence-electron chi connectivity index (χ2n) is 6.05. The van der Waals surface area contributed by atoms with E-state index in [9.17, 15) is 18.0 Å². The van der Waals surface area contributed by atoms with Crippen molar-refractivity contribution in [2.75, 3.05) is 12.4 Å². The Hall–Kier alpha value is -2.42. The van der Waals surface area contributed by atoms with Gasteiger partial charge in [-0.2, -0.15) is 13.2 Å². The molecule has 5 nitrogen and oxygen atoms in total. The molecule has 144 valence electrons. The molecule has 0 saturated heterocycles. The molecule has 9 heteroatoms. The lowest BCUT2D eigenvalue weighted by Gasteiger charge is -2.25. The van der Waals surface area contributed by atoms with Crippen LogP contribution in [0.5, 0.6) is 5.88 Å². The highest BCUT2D eigenvalue weighted by Gasteiger charge is 2.28. The monoisotopic (exact) mass is 397 g/mol. The van der Waals surface area contributed by atoms with E-state index in [1.54, 1.807) is 17.8 Å². The van der Waals surface area contributed by atoms with Crippen LogP contribution in [0, 0.1) is 0 Å². The van der Waals surface area contributed by atoms with Crippen molar-refractivity contribution in [2.24, 2.45) is 0 Å². The number of pyridine rings is 1. The molecule has 1 aromatic heterocycles. The average Bonchev–Trinajstić information content (AvgIpc) is 2.64. The Morgan fingerprint density at radius 1 is 1.30 bits per heavy atom. The van der Waals surface area contributed by atoms with Crippen LogP contribution in [0.15, 0.2) is 47.5 Å².